The van der Waals surface area contributed by atoms with Gasteiger partial charge in [-0.2, -0.15) is 0 Å². The van der Waals surface area contributed by atoms with E-state index in [0.29, 0.717) is 5.75 Å². The van der Waals surface area contributed by atoms with E-state index in [4.69, 9.17) is 0 Å². The van der Waals surface area contributed by atoms with Crippen LogP contribution in [0.2, 0.25) is 13.1 Å². The maximum absolute atomic E-state index is 10.3. The summed E-state index contributed by atoms with van der Waals surface area (Å²) in [4.78, 5) is 1.37. The van der Waals surface area contributed by atoms with Crippen molar-refractivity contribution in [1.29, 1.82) is 0 Å². The molecule has 0 radical (unpaired) electrons. The topological polar surface area (TPSA) is 20.2 Å². The average Bonchev–Trinajstić information content (AvgIpc) is 2.57. The molecule has 0 saturated heterocycles. The molecule has 0 atom stereocenters. The predicted octanol–water partition coefficient (Wildman–Crippen LogP) is 5.54. The van der Waals surface area contributed by atoms with E-state index < -0.39 is 8.07 Å². The highest BCUT2D eigenvalue weighted by atomic mass is 32.2. The number of aryl methyl sites for hydroxylation is 2. The van der Waals surface area contributed by atoms with E-state index in [0.717, 1.165) is 31.2 Å². The number of rotatable bonds is 8. The summed E-state index contributed by atoms with van der Waals surface area (Å²) in [6, 6.07) is 15.2. The van der Waals surface area contributed by atoms with E-state index in [1.54, 1.807) is 0 Å². The van der Waals surface area contributed by atoms with Crippen molar-refractivity contribution < 1.29 is 5.11 Å². The van der Waals surface area contributed by atoms with E-state index in [1.807, 2.05) is 17.8 Å². The van der Waals surface area contributed by atoms with Crippen molar-refractivity contribution in [3.05, 3.63) is 53.6 Å². The van der Waals surface area contributed by atoms with Gasteiger partial charge in [-0.15, -0.1) is 11.8 Å². The van der Waals surface area contributed by atoms with Crippen LogP contribution in [0.4, 0.5) is 0 Å². The van der Waals surface area contributed by atoms with Gasteiger partial charge in [-0.1, -0.05) is 75.3 Å². The Morgan fingerprint density at radius 2 is 1.54 bits per heavy atom. The molecule has 0 fully saturated rings. The first-order valence-electron chi connectivity index (χ1n) is 9.01. The monoisotopic (exact) mass is 358 g/mol. The molecule has 2 aromatic rings. The van der Waals surface area contributed by atoms with Gasteiger partial charge in [0.15, 0.2) is 0 Å². The van der Waals surface area contributed by atoms with E-state index in [-0.39, 0.29) is 0 Å². The van der Waals surface area contributed by atoms with Gasteiger partial charge < -0.3 is 5.11 Å². The molecule has 24 heavy (non-hydrogen) atoms. The average molecular weight is 359 g/mol. The van der Waals surface area contributed by atoms with E-state index in [1.165, 1.54) is 21.0 Å². The second kappa shape index (κ2) is 8.77. The molecule has 3 heteroatoms. The number of aromatic hydroxyl groups is 1. The van der Waals surface area contributed by atoms with Crippen molar-refractivity contribution in [1.82, 2.24) is 0 Å². The number of benzene rings is 2. The van der Waals surface area contributed by atoms with Crippen LogP contribution in [-0.4, -0.2) is 18.6 Å². The molecule has 2 rings (SSSR count). The summed E-state index contributed by atoms with van der Waals surface area (Å²) in [7, 11) is -1.46. The Morgan fingerprint density at radius 3 is 2.17 bits per heavy atom. The molecule has 0 heterocycles. The van der Waals surface area contributed by atoms with Gasteiger partial charge in [-0.05, 0) is 41.5 Å². The third-order valence-corrected chi connectivity index (χ3v) is 10.5. The summed E-state index contributed by atoms with van der Waals surface area (Å²) >= 11 is 1.99. The number of hydrogen-bond acceptors (Lipinski definition) is 2. The Balaban J connectivity index is 2.22. The molecule has 1 N–H and O–H groups in total. The lowest BCUT2D eigenvalue weighted by Gasteiger charge is -2.23. The van der Waals surface area contributed by atoms with Gasteiger partial charge in [-0.3, -0.25) is 0 Å². The zero-order valence-electron chi connectivity index (χ0n) is 15.4. The van der Waals surface area contributed by atoms with E-state index in [2.05, 4.69) is 63.3 Å². The van der Waals surface area contributed by atoms with Crippen molar-refractivity contribution in [2.75, 3.05) is 5.38 Å². The van der Waals surface area contributed by atoms with Crippen LogP contribution >= 0.6 is 11.8 Å². The fourth-order valence-electron chi connectivity index (χ4n) is 2.95. The minimum Gasteiger partial charge on any atom is -0.508 e. The fourth-order valence-corrected chi connectivity index (χ4v) is 7.35. The first-order chi connectivity index (χ1) is 11.5. The van der Waals surface area contributed by atoms with Crippen LogP contribution in [0.3, 0.4) is 0 Å². The zero-order valence-corrected chi connectivity index (χ0v) is 17.2. The molecule has 0 saturated carbocycles. The summed E-state index contributed by atoms with van der Waals surface area (Å²) in [5.74, 6) is 0.476. The van der Waals surface area contributed by atoms with Gasteiger partial charge in [0.1, 0.15) is 5.75 Å². The summed E-state index contributed by atoms with van der Waals surface area (Å²) < 4.78 is 0. The molecule has 0 spiro atoms. The Labute approximate surface area is 152 Å². The molecule has 0 unspecified atom stereocenters. The Kier molecular flexibility index (Phi) is 6.99. The van der Waals surface area contributed by atoms with Crippen LogP contribution in [0.25, 0.3) is 0 Å². The Bertz CT molecular complexity index is 652. The largest absolute Gasteiger partial charge is 0.508 e. The third-order valence-electron chi connectivity index (χ3n) is 4.44. The molecule has 2 aromatic carbocycles. The van der Waals surface area contributed by atoms with Gasteiger partial charge in [0.2, 0.25) is 0 Å². The van der Waals surface area contributed by atoms with Crippen molar-refractivity contribution in [2.24, 2.45) is 0 Å². The van der Waals surface area contributed by atoms with Gasteiger partial charge in [-0.25, -0.2) is 0 Å². The van der Waals surface area contributed by atoms with Crippen LogP contribution in [0.1, 0.15) is 37.8 Å². The van der Waals surface area contributed by atoms with E-state index >= 15 is 0 Å². The fraction of sp³-hybridized carbons (Fsp3) is 0.429. The maximum Gasteiger partial charge on any atom is 0.119 e. The van der Waals surface area contributed by atoms with Gasteiger partial charge in [0, 0.05) is 4.90 Å². The van der Waals surface area contributed by atoms with Crippen molar-refractivity contribution in [2.45, 2.75) is 57.5 Å². The predicted molar refractivity (Wildman–Crippen MR) is 110 cm³/mol. The lowest BCUT2D eigenvalue weighted by molar-refractivity contribution is 0.466. The first kappa shape index (κ1) is 19.1. The highest BCUT2D eigenvalue weighted by Gasteiger charge is 2.24. The van der Waals surface area contributed by atoms with Crippen molar-refractivity contribution in [3.8, 4) is 5.75 Å². The quantitative estimate of drug-likeness (QED) is 0.493. The summed E-state index contributed by atoms with van der Waals surface area (Å²) in [5, 5.41) is 13.0. The minimum atomic E-state index is -1.46. The van der Waals surface area contributed by atoms with Gasteiger partial charge in [0.25, 0.3) is 0 Å². The molecular weight excluding hydrogens is 328 g/mol. The minimum absolute atomic E-state index is 0.476. The lowest BCUT2D eigenvalue weighted by Crippen LogP contribution is -2.44. The standard InChI is InChI=1S/C21H30OSSi/c1-5-10-17-15-21(18(11-6-2)14-20(17)22)23-16-24(3,4)19-12-8-7-9-13-19/h7-9,12-15,22H,5-6,10-11,16H2,1-4H3. The molecule has 0 amide bonds. The van der Waals surface area contributed by atoms with Crippen LogP contribution in [0.5, 0.6) is 5.75 Å². The Hall–Kier alpha value is -1.19. The zero-order chi connectivity index (χ0) is 17.6. The number of hydrogen-bond donors (Lipinski definition) is 1. The first-order valence-corrected chi connectivity index (χ1v) is 13.2. The van der Waals surface area contributed by atoms with Crippen LogP contribution < -0.4 is 5.19 Å². The third kappa shape index (κ3) is 4.90. The maximum atomic E-state index is 10.3. The second-order valence-electron chi connectivity index (χ2n) is 7.13. The van der Waals surface area contributed by atoms with E-state index in [9.17, 15) is 5.11 Å². The van der Waals surface area contributed by atoms with Crippen LogP contribution in [0, 0.1) is 0 Å². The molecule has 130 valence electrons. The molecule has 0 aliphatic heterocycles. The molecule has 0 aliphatic rings. The molecule has 1 nitrogen and oxygen atoms in total. The number of phenols is 1. The normalized spacial score (nSPS) is 11.7. The SMILES string of the molecule is CCCc1cc(SC[Si](C)(C)c2ccccc2)c(CCC)cc1O. The molecular formula is C21H30OSSi. The van der Waals surface area contributed by atoms with Crippen LogP contribution in [0.15, 0.2) is 47.4 Å². The summed E-state index contributed by atoms with van der Waals surface area (Å²) in [6.07, 6.45) is 4.16. The van der Waals surface area contributed by atoms with Gasteiger partial charge >= 0.3 is 0 Å². The van der Waals surface area contributed by atoms with Crippen molar-refractivity contribution in [3.63, 3.8) is 0 Å². The Morgan fingerprint density at radius 1 is 0.917 bits per heavy atom. The lowest BCUT2D eigenvalue weighted by atomic mass is 10.0. The van der Waals surface area contributed by atoms with Gasteiger partial charge in [0.05, 0.1) is 8.07 Å². The summed E-state index contributed by atoms with van der Waals surface area (Å²) in [6.45, 7) is 9.26. The molecule has 0 aliphatic carbocycles. The summed E-state index contributed by atoms with van der Waals surface area (Å²) in [5.41, 5.74) is 2.40. The number of thioether (sulfide) groups is 1. The molecule has 0 aromatic heterocycles. The highest BCUT2D eigenvalue weighted by Crippen LogP contribution is 2.32. The second-order valence-corrected chi connectivity index (χ2v) is 13.4. The number of phenolic OH excluding ortho intramolecular Hbond substituents is 1. The van der Waals surface area contributed by atoms with Crippen molar-refractivity contribution >= 4 is 25.0 Å². The highest BCUT2D eigenvalue weighted by molar-refractivity contribution is 8.01. The smallest absolute Gasteiger partial charge is 0.119 e. The molecule has 0 bridgehead atoms. The van der Waals surface area contributed by atoms with Crippen LogP contribution in [-0.2, 0) is 12.8 Å².